The van der Waals surface area contributed by atoms with Crippen LogP contribution in [0.5, 0.6) is 17.2 Å². The SMILES string of the molecule is COc1ccc(O[C@@H]2O[C@H](COCc3ccccc3)[C@@H](OC(O[C@H]3[C@@H](OC(=O)c4ccc(C)cc4)[C@@H]4O[C@H](c5ccccc5)OC[C@H]4O[C@@H]3SC)c3ccc(OC)cc3)[C@H](OCc3ccccc3)[C@H]2N2C(=O)c3cc(Cl)c(Cl)cc3C2=O)cc1. The van der Waals surface area contributed by atoms with Gasteiger partial charge in [-0.1, -0.05) is 144 Å². The van der Waals surface area contributed by atoms with E-state index in [9.17, 15) is 4.79 Å². The minimum Gasteiger partial charge on any atom is -0.497 e. The van der Waals surface area contributed by atoms with Crippen molar-refractivity contribution in [1.29, 1.82) is 0 Å². The van der Waals surface area contributed by atoms with Crippen LogP contribution in [0.1, 0.15) is 71.5 Å². The zero-order chi connectivity index (χ0) is 58.3. The number of rotatable bonds is 21. The monoisotopic (exact) mass is 1200 g/mol. The number of benzene rings is 7. The van der Waals surface area contributed by atoms with Gasteiger partial charge in [0, 0.05) is 11.1 Å². The van der Waals surface area contributed by atoms with Gasteiger partial charge in [0.1, 0.15) is 65.4 Å². The van der Waals surface area contributed by atoms with Gasteiger partial charge in [0.2, 0.25) is 6.29 Å². The number of amides is 2. The first-order chi connectivity index (χ1) is 41.0. The van der Waals surface area contributed by atoms with Crippen molar-refractivity contribution in [3.8, 4) is 17.2 Å². The average Bonchev–Trinajstić information content (AvgIpc) is 3.72. The highest BCUT2D eigenvalue weighted by Gasteiger charge is 2.58. The smallest absolute Gasteiger partial charge is 0.338 e. The summed E-state index contributed by atoms with van der Waals surface area (Å²) in [7, 11) is 3.10. The van der Waals surface area contributed by atoms with Crippen LogP contribution >= 0.6 is 35.0 Å². The number of thioether (sulfide) groups is 1. The Morgan fingerprint density at radius 2 is 1.23 bits per heavy atom. The van der Waals surface area contributed by atoms with E-state index in [4.69, 9.17) is 80.0 Å². The molecule has 7 aromatic rings. The molecule has 0 aromatic heterocycles. The lowest BCUT2D eigenvalue weighted by atomic mass is 9.94. The van der Waals surface area contributed by atoms with Crippen molar-refractivity contribution in [3.63, 3.8) is 0 Å². The molecule has 0 bridgehead atoms. The summed E-state index contributed by atoms with van der Waals surface area (Å²) >= 11 is 14.5. The number of hydrogen-bond donors (Lipinski definition) is 0. The molecule has 3 fully saturated rings. The lowest BCUT2D eigenvalue weighted by molar-refractivity contribution is -0.348. The van der Waals surface area contributed by atoms with Crippen LogP contribution < -0.4 is 14.2 Å². The van der Waals surface area contributed by atoms with E-state index in [1.54, 1.807) is 74.9 Å². The van der Waals surface area contributed by atoms with Crippen molar-refractivity contribution >= 4 is 52.7 Å². The van der Waals surface area contributed by atoms with Crippen molar-refractivity contribution < 1.29 is 71.2 Å². The Morgan fingerprint density at radius 1 is 0.655 bits per heavy atom. The molecule has 7 aromatic carbocycles. The number of methoxy groups -OCH3 is 2. The van der Waals surface area contributed by atoms with Gasteiger partial charge in [-0.05, 0) is 85.0 Å². The summed E-state index contributed by atoms with van der Waals surface area (Å²) in [5, 5.41) is 0.146. The Bertz CT molecular complexity index is 3310. The number of esters is 1. The highest BCUT2D eigenvalue weighted by atomic mass is 35.5. The number of carbonyl (C=O) groups is 3. The highest BCUT2D eigenvalue weighted by Crippen LogP contribution is 2.44. The zero-order valence-electron chi connectivity index (χ0n) is 46.2. The molecule has 11 rings (SSSR count). The number of aryl methyl sites for hydroxylation is 1. The quantitative estimate of drug-likeness (QED) is 0.0379. The van der Waals surface area contributed by atoms with E-state index in [2.05, 4.69) is 0 Å². The van der Waals surface area contributed by atoms with E-state index < -0.39 is 90.9 Å². The molecule has 84 heavy (non-hydrogen) atoms. The second-order valence-corrected chi connectivity index (χ2v) is 22.1. The van der Waals surface area contributed by atoms with Crippen LogP contribution in [0.25, 0.3) is 0 Å². The first-order valence-corrected chi connectivity index (χ1v) is 29.3. The van der Waals surface area contributed by atoms with Gasteiger partial charge < -0.3 is 56.8 Å². The Labute approximate surface area is 500 Å². The molecule has 2 amide bonds. The maximum atomic E-state index is 15.1. The minimum absolute atomic E-state index is 0.0133. The lowest BCUT2D eigenvalue weighted by Gasteiger charge is -2.50. The number of imide groups is 1. The predicted octanol–water partition coefficient (Wildman–Crippen LogP) is 11.8. The number of carbonyl (C=O) groups excluding carboxylic acids is 3. The Balaban J connectivity index is 1.04. The number of nitrogens with zero attached hydrogens (tertiary/aromatic N) is 1. The summed E-state index contributed by atoms with van der Waals surface area (Å²) in [6.45, 7) is 2.01. The molecular formula is C65H61Cl2NO15S. The third kappa shape index (κ3) is 13.2. The molecule has 0 aliphatic carbocycles. The molecule has 0 radical (unpaired) electrons. The largest absolute Gasteiger partial charge is 0.497 e. The molecule has 4 aliphatic rings. The topological polar surface area (TPSA) is 165 Å². The molecular weight excluding hydrogens is 1140 g/mol. The van der Waals surface area contributed by atoms with E-state index >= 15 is 9.59 Å². The van der Waals surface area contributed by atoms with Gasteiger partial charge in [-0.15, -0.1) is 11.8 Å². The van der Waals surface area contributed by atoms with Crippen molar-refractivity contribution in [2.45, 2.75) is 93.2 Å². The molecule has 1 unspecified atom stereocenters. The average molecular weight is 1200 g/mol. The number of ether oxygens (including phenoxy) is 12. The number of hydrogen-bond acceptors (Lipinski definition) is 16. The van der Waals surface area contributed by atoms with Gasteiger partial charge >= 0.3 is 5.97 Å². The van der Waals surface area contributed by atoms with E-state index in [1.807, 2.05) is 116 Å². The second kappa shape index (κ2) is 27.0. The summed E-state index contributed by atoms with van der Waals surface area (Å²) in [4.78, 5) is 45.9. The van der Waals surface area contributed by atoms with Crippen LogP contribution in [0.2, 0.25) is 10.0 Å². The van der Waals surface area contributed by atoms with Crippen molar-refractivity contribution in [3.05, 3.63) is 230 Å². The second-order valence-electron chi connectivity index (χ2n) is 20.4. The van der Waals surface area contributed by atoms with Crippen LogP contribution in [0, 0.1) is 6.92 Å². The predicted molar refractivity (Wildman–Crippen MR) is 312 cm³/mol. The van der Waals surface area contributed by atoms with Gasteiger partial charge in [-0.3, -0.25) is 14.5 Å². The molecule has 0 N–H and O–H groups in total. The fourth-order valence-corrected chi connectivity index (χ4v) is 11.7. The molecule has 0 saturated carbocycles. The summed E-state index contributed by atoms with van der Waals surface area (Å²) in [5.74, 6) is -0.632. The van der Waals surface area contributed by atoms with Crippen LogP contribution in [0.4, 0.5) is 0 Å². The maximum Gasteiger partial charge on any atom is 0.338 e. The Morgan fingerprint density at radius 3 is 1.83 bits per heavy atom. The number of halogens is 2. The van der Waals surface area contributed by atoms with Crippen molar-refractivity contribution in [1.82, 2.24) is 4.90 Å². The van der Waals surface area contributed by atoms with Crippen LogP contribution in [-0.4, -0.2) is 117 Å². The van der Waals surface area contributed by atoms with Crippen LogP contribution in [0.3, 0.4) is 0 Å². The van der Waals surface area contributed by atoms with Crippen molar-refractivity contribution in [2.75, 3.05) is 33.7 Å². The first kappa shape index (κ1) is 58.9. The Hall–Kier alpha value is -6.84. The van der Waals surface area contributed by atoms with E-state index in [1.165, 1.54) is 23.9 Å². The molecule has 12 atom stereocenters. The molecule has 3 saturated heterocycles. The maximum absolute atomic E-state index is 15.1. The van der Waals surface area contributed by atoms with E-state index in [0.29, 0.717) is 28.4 Å². The fourth-order valence-electron chi connectivity index (χ4n) is 10.6. The van der Waals surface area contributed by atoms with Gasteiger partial charge in [0.15, 0.2) is 18.7 Å². The number of fused-ring (bicyclic) bond motifs is 2. The highest BCUT2D eigenvalue weighted by molar-refractivity contribution is 7.99. The Kier molecular flexibility index (Phi) is 19.0. The molecule has 4 aliphatic heterocycles. The van der Waals surface area contributed by atoms with Gasteiger partial charge in [-0.2, -0.15) is 0 Å². The molecule has 16 nitrogen and oxygen atoms in total. The van der Waals surface area contributed by atoms with Gasteiger partial charge in [0.05, 0.1) is 67.4 Å². The summed E-state index contributed by atoms with van der Waals surface area (Å²) < 4.78 is 80.2. The normalized spacial score (nSPS) is 25.1. The first-order valence-electron chi connectivity index (χ1n) is 27.3. The standard InChI is InChI=1S/C65H61Cl2NO15S/c1-38-20-22-41(23-21-38)61(71)80-57-55-52(37-76-62(81-55)42-18-12-7-13-19-42)79-65(84-4)58(57)83-63(43-24-26-44(72-2)27-25-43)82-54-51(36-74-34-39-14-8-5-9-15-39)78-64(77-46-30-28-45(73-3)29-31-46)53(56(54)75-35-40-16-10-6-11-17-40)68-59(69)47-32-49(66)50(67)33-48(47)60(68)70/h5-33,51-58,62-65H,34-37H2,1-4H3/t51-,52-,53-,54-,55-,56-,57+,58+,62-,63?,64-,65-/m1/s1. The molecule has 19 heteroatoms. The summed E-state index contributed by atoms with van der Waals surface area (Å²) in [5.41, 5.74) is 3.33. The molecule has 0 spiro atoms. The van der Waals surface area contributed by atoms with E-state index in [-0.39, 0.29) is 47.6 Å². The summed E-state index contributed by atoms with van der Waals surface area (Å²) in [6.07, 6.45) is -9.49. The lowest BCUT2D eigenvalue weighted by Crippen LogP contribution is -2.68. The molecule has 4 heterocycles. The third-order valence-electron chi connectivity index (χ3n) is 14.9. The van der Waals surface area contributed by atoms with Crippen LogP contribution in [-0.2, 0) is 55.8 Å². The van der Waals surface area contributed by atoms with E-state index in [0.717, 1.165) is 27.2 Å². The zero-order valence-corrected chi connectivity index (χ0v) is 48.6. The third-order valence-corrected chi connectivity index (χ3v) is 16.5. The summed E-state index contributed by atoms with van der Waals surface area (Å²) in [6, 6.07) is 50.7. The van der Waals surface area contributed by atoms with Crippen LogP contribution in [0.15, 0.2) is 176 Å². The minimum atomic E-state index is -1.45. The molecule has 436 valence electrons. The van der Waals surface area contributed by atoms with Crippen molar-refractivity contribution in [2.24, 2.45) is 0 Å². The van der Waals surface area contributed by atoms with Gasteiger partial charge in [0.25, 0.3) is 11.8 Å². The van der Waals surface area contributed by atoms with Gasteiger partial charge in [-0.25, -0.2) is 4.79 Å². The fraction of sp³-hybridized carbons (Fsp3) is 0.308.